The lowest BCUT2D eigenvalue weighted by molar-refractivity contribution is -0.140. The molecule has 3 rings (SSSR count). The third-order valence-corrected chi connectivity index (χ3v) is 4.82. The average molecular weight is 335 g/mol. The molecule has 2 aliphatic heterocycles. The van der Waals surface area contributed by atoms with Crippen molar-refractivity contribution in [1.29, 1.82) is 0 Å². The summed E-state index contributed by atoms with van der Waals surface area (Å²) in [5, 5.41) is -0.309. The van der Waals surface area contributed by atoms with Gasteiger partial charge in [-0.05, 0) is 23.8 Å². The van der Waals surface area contributed by atoms with Crippen molar-refractivity contribution >= 4 is 29.7 Å². The SMILES string of the molecule is COC(=O)[C@H]1CN(C(=O)/C=C/c2ccc3c(c2)OCO3)CCS1. The van der Waals surface area contributed by atoms with Crippen molar-refractivity contribution in [3.05, 3.63) is 29.8 Å². The number of hydrogen-bond donors (Lipinski definition) is 0. The number of carbonyl (C=O) groups excluding carboxylic acids is 2. The van der Waals surface area contributed by atoms with E-state index in [4.69, 9.17) is 14.2 Å². The highest BCUT2D eigenvalue weighted by atomic mass is 32.2. The molecule has 7 heteroatoms. The Hall–Kier alpha value is -2.15. The van der Waals surface area contributed by atoms with Crippen LogP contribution in [0.4, 0.5) is 0 Å². The Kier molecular flexibility index (Phi) is 4.76. The molecule has 2 aliphatic rings. The van der Waals surface area contributed by atoms with Crippen molar-refractivity contribution in [2.75, 3.05) is 32.7 Å². The lowest BCUT2D eigenvalue weighted by atomic mass is 10.2. The Morgan fingerprint density at radius 2 is 2.17 bits per heavy atom. The Morgan fingerprint density at radius 3 is 3.00 bits per heavy atom. The summed E-state index contributed by atoms with van der Waals surface area (Å²) in [6.07, 6.45) is 3.25. The predicted octanol–water partition coefficient (Wildman–Crippen LogP) is 1.55. The van der Waals surface area contributed by atoms with E-state index in [-0.39, 0.29) is 23.9 Å². The zero-order valence-electron chi connectivity index (χ0n) is 12.7. The molecule has 1 aromatic carbocycles. The van der Waals surface area contributed by atoms with Crippen LogP contribution in [0.2, 0.25) is 0 Å². The van der Waals surface area contributed by atoms with Gasteiger partial charge in [0.15, 0.2) is 11.5 Å². The molecule has 0 radical (unpaired) electrons. The largest absolute Gasteiger partial charge is 0.468 e. The molecule has 1 fully saturated rings. The van der Waals surface area contributed by atoms with E-state index in [9.17, 15) is 9.59 Å². The van der Waals surface area contributed by atoms with Crippen molar-refractivity contribution in [1.82, 2.24) is 4.90 Å². The number of ether oxygens (including phenoxy) is 3. The fraction of sp³-hybridized carbons (Fsp3) is 0.375. The number of fused-ring (bicyclic) bond motifs is 1. The van der Waals surface area contributed by atoms with Gasteiger partial charge in [-0.25, -0.2) is 0 Å². The van der Waals surface area contributed by atoms with E-state index in [2.05, 4.69) is 0 Å². The summed E-state index contributed by atoms with van der Waals surface area (Å²) in [4.78, 5) is 25.5. The Bertz CT molecular complexity index is 645. The van der Waals surface area contributed by atoms with Gasteiger partial charge in [-0.2, -0.15) is 0 Å². The maximum atomic E-state index is 12.3. The minimum atomic E-state index is -0.309. The first-order chi connectivity index (χ1) is 11.2. The van der Waals surface area contributed by atoms with Crippen LogP contribution in [0.3, 0.4) is 0 Å². The van der Waals surface area contributed by atoms with E-state index in [1.54, 1.807) is 11.0 Å². The van der Waals surface area contributed by atoms with Crippen molar-refractivity contribution < 1.29 is 23.8 Å². The van der Waals surface area contributed by atoms with Crippen LogP contribution in [-0.2, 0) is 14.3 Å². The van der Waals surface area contributed by atoms with Gasteiger partial charge in [-0.15, -0.1) is 11.8 Å². The second kappa shape index (κ2) is 6.95. The summed E-state index contributed by atoms with van der Waals surface area (Å²) in [7, 11) is 1.36. The maximum Gasteiger partial charge on any atom is 0.320 e. The second-order valence-corrected chi connectivity index (χ2v) is 6.42. The van der Waals surface area contributed by atoms with Crippen molar-refractivity contribution in [3.63, 3.8) is 0 Å². The third-order valence-electron chi connectivity index (χ3n) is 3.66. The number of amides is 1. The number of hydrogen-bond acceptors (Lipinski definition) is 6. The van der Waals surface area contributed by atoms with Gasteiger partial charge < -0.3 is 19.1 Å². The van der Waals surface area contributed by atoms with E-state index in [0.29, 0.717) is 24.6 Å². The zero-order valence-corrected chi connectivity index (χ0v) is 13.5. The number of thioether (sulfide) groups is 1. The number of nitrogens with zero attached hydrogens (tertiary/aromatic N) is 1. The molecule has 0 unspecified atom stereocenters. The molecule has 0 N–H and O–H groups in total. The normalized spacial score (nSPS) is 19.9. The second-order valence-electron chi connectivity index (χ2n) is 5.11. The number of benzene rings is 1. The summed E-state index contributed by atoms with van der Waals surface area (Å²) in [5.41, 5.74) is 0.860. The molecule has 0 aliphatic carbocycles. The summed E-state index contributed by atoms with van der Waals surface area (Å²) in [5.74, 6) is 1.72. The van der Waals surface area contributed by atoms with Gasteiger partial charge in [-0.3, -0.25) is 9.59 Å². The first-order valence-corrected chi connectivity index (χ1v) is 8.28. The third kappa shape index (κ3) is 3.61. The van der Waals surface area contributed by atoms with Crippen LogP contribution in [0.1, 0.15) is 5.56 Å². The van der Waals surface area contributed by atoms with Gasteiger partial charge >= 0.3 is 5.97 Å². The summed E-state index contributed by atoms with van der Waals surface area (Å²) >= 11 is 1.52. The molecule has 0 spiro atoms. The van der Waals surface area contributed by atoms with Gasteiger partial charge in [0.05, 0.1) is 7.11 Å². The molecular formula is C16H17NO5S. The lowest BCUT2D eigenvalue weighted by Crippen LogP contribution is -2.44. The topological polar surface area (TPSA) is 65.1 Å². The number of methoxy groups -OCH3 is 1. The minimum absolute atomic E-state index is 0.114. The van der Waals surface area contributed by atoms with E-state index in [0.717, 1.165) is 11.3 Å². The molecule has 1 atom stereocenters. The molecule has 2 heterocycles. The number of carbonyl (C=O) groups is 2. The highest BCUT2D eigenvalue weighted by Crippen LogP contribution is 2.32. The van der Waals surface area contributed by atoms with Gasteiger partial charge in [0.25, 0.3) is 0 Å². The summed E-state index contributed by atoms with van der Waals surface area (Å²) in [6, 6.07) is 5.51. The molecule has 0 aromatic heterocycles. The highest BCUT2D eigenvalue weighted by molar-refractivity contribution is 8.00. The minimum Gasteiger partial charge on any atom is -0.468 e. The maximum absolute atomic E-state index is 12.3. The Labute approximate surface area is 138 Å². The predicted molar refractivity (Wildman–Crippen MR) is 86.4 cm³/mol. The molecule has 1 aromatic rings. The van der Waals surface area contributed by atoms with Gasteiger partial charge in [0.1, 0.15) is 5.25 Å². The van der Waals surface area contributed by atoms with Crippen LogP contribution < -0.4 is 9.47 Å². The van der Waals surface area contributed by atoms with Gasteiger partial charge in [-0.1, -0.05) is 6.07 Å². The van der Waals surface area contributed by atoms with Crippen LogP contribution in [-0.4, -0.2) is 54.8 Å². The van der Waals surface area contributed by atoms with Gasteiger partial charge in [0.2, 0.25) is 12.7 Å². The Morgan fingerprint density at radius 1 is 1.35 bits per heavy atom. The van der Waals surface area contributed by atoms with E-state index in [1.165, 1.54) is 24.9 Å². The van der Waals surface area contributed by atoms with Crippen LogP contribution in [0.25, 0.3) is 6.08 Å². The molecule has 1 amide bonds. The Balaban J connectivity index is 1.63. The fourth-order valence-electron chi connectivity index (χ4n) is 2.41. The lowest BCUT2D eigenvalue weighted by Gasteiger charge is -2.30. The van der Waals surface area contributed by atoms with Crippen LogP contribution in [0.5, 0.6) is 11.5 Å². The molecule has 0 bridgehead atoms. The highest BCUT2D eigenvalue weighted by Gasteiger charge is 2.28. The van der Waals surface area contributed by atoms with Crippen LogP contribution in [0, 0.1) is 0 Å². The van der Waals surface area contributed by atoms with Crippen LogP contribution in [0.15, 0.2) is 24.3 Å². The first kappa shape index (κ1) is 15.7. The number of rotatable bonds is 3. The van der Waals surface area contributed by atoms with E-state index in [1.807, 2.05) is 18.2 Å². The smallest absolute Gasteiger partial charge is 0.320 e. The quantitative estimate of drug-likeness (QED) is 0.617. The van der Waals surface area contributed by atoms with Crippen molar-refractivity contribution in [2.24, 2.45) is 0 Å². The van der Waals surface area contributed by atoms with Crippen molar-refractivity contribution in [2.45, 2.75) is 5.25 Å². The molecule has 122 valence electrons. The van der Waals surface area contributed by atoms with Crippen LogP contribution >= 0.6 is 11.8 Å². The summed E-state index contributed by atoms with van der Waals surface area (Å²) in [6.45, 7) is 1.23. The molecule has 0 saturated carbocycles. The molecule has 1 saturated heterocycles. The average Bonchev–Trinajstić information content (AvgIpc) is 3.06. The van der Waals surface area contributed by atoms with Crippen molar-refractivity contribution in [3.8, 4) is 11.5 Å². The first-order valence-electron chi connectivity index (χ1n) is 7.23. The molecule has 6 nitrogen and oxygen atoms in total. The number of esters is 1. The standard InChI is InChI=1S/C16H17NO5S/c1-20-16(19)14-9-17(6-7-23-14)15(18)5-3-11-2-4-12-13(8-11)22-10-21-12/h2-5,8,14H,6-7,9-10H2,1H3/b5-3+/t14-/m1/s1. The molecule has 23 heavy (non-hydrogen) atoms. The van der Waals surface area contributed by atoms with Gasteiger partial charge in [0, 0.05) is 24.9 Å². The summed E-state index contributed by atoms with van der Waals surface area (Å²) < 4.78 is 15.3. The monoisotopic (exact) mass is 335 g/mol. The van der Waals surface area contributed by atoms with E-state index >= 15 is 0 Å². The van der Waals surface area contributed by atoms with E-state index < -0.39 is 0 Å². The molecular weight excluding hydrogens is 318 g/mol. The zero-order chi connectivity index (χ0) is 16.2. The fourth-order valence-corrected chi connectivity index (χ4v) is 3.54.